The Morgan fingerprint density at radius 3 is 2.52 bits per heavy atom. The van der Waals surface area contributed by atoms with E-state index in [4.69, 9.17) is 10.3 Å². The highest BCUT2D eigenvalue weighted by molar-refractivity contribution is 5.28. The average Bonchev–Trinajstić information content (AvgIpc) is 2.91. The second-order valence-corrected chi connectivity index (χ2v) is 4.57. The third-order valence-corrected chi connectivity index (χ3v) is 3.16. The van der Waals surface area contributed by atoms with Gasteiger partial charge >= 0.3 is 6.18 Å². The van der Waals surface area contributed by atoms with Crippen molar-refractivity contribution in [2.75, 3.05) is 0 Å². The predicted molar refractivity (Wildman–Crippen MR) is 68.5 cm³/mol. The fraction of sp³-hybridized carbons (Fsp3) is 0.286. The van der Waals surface area contributed by atoms with Crippen LogP contribution in [0.15, 0.2) is 41.0 Å². The van der Waals surface area contributed by atoms with Gasteiger partial charge in [0.25, 0.3) is 0 Å². The van der Waals surface area contributed by atoms with Gasteiger partial charge in [0, 0.05) is 12.5 Å². The van der Waals surface area contributed by atoms with Crippen molar-refractivity contribution in [1.29, 1.82) is 0 Å². The fourth-order valence-corrected chi connectivity index (χ4v) is 2.07. The fourth-order valence-electron chi connectivity index (χ4n) is 2.07. The summed E-state index contributed by atoms with van der Waals surface area (Å²) in [5, 5.41) is 0. The van der Waals surface area contributed by atoms with Crippen molar-refractivity contribution in [2.24, 2.45) is 5.84 Å². The van der Waals surface area contributed by atoms with E-state index in [-0.39, 0.29) is 0 Å². The number of halogens is 4. The van der Waals surface area contributed by atoms with Crippen LogP contribution in [0, 0.1) is 5.82 Å². The van der Waals surface area contributed by atoms with E-state index in [0.29, 0.717) is 18.4 Å². The SMILES string of the molecule is NNC(CCc1ccco1)c1ccc(C(F)(F)F)c(F)c1. The van der Waals surface area contributed by atoms with Gasteiger partial charge in [0.05, 0.1) is 11.8 Å². The summed E-state index contributed by atoms with van der Waals surface area (Å²) in [7, 11) is 0. The first-order chi connectivity index (χ1) is 9.91. The Morgan fingerprint density at radius 1 is 1.24 bits per heavy atom. The van der Waals surface area contributed by atoms with Gasteiger partial charge in [-0.05, 0) is 36.2 Å². The Kier molecular flexibility index (Phi) is 4.64. The molecule has 0 aliphatic heterocycles. The lowest BCUT2D eigenvalue weighted by atomic mass is 10.00. The normalized spacial score (nSPS) is 13.4. The molecule has 1 atom stereocenters. The van der Waals surface area contributed by atoms with Crippen LogP contribution in [0.2, 0.25) is 0 Å². The van der Waals surface area contributed by atoms with Crippen molar-refractivity contribution >= 4 is 0 Å². The maximum absolute atomic E-state index is 13.5. The number of hydrogen-bond acceptors (Lipinski definition) is 3. The van der Waals surface area contributed by atoms with Gasteiger partial charge < -0.3 is 4.42 Å². The van der Waals surface area contributed by atoms with E-state index in [1.807, 2.05) is 0 Å². The quantitative estimate of drug-likeness (QED) is 0.504. The van der Waals surface area contributed by atoms with E-state index < -0.39 is 23.6 Å². The Balaban J connectivity index is 2.13. The smallest absolute Gasteiger partial charge is 0.419 e. The highest BCUT2D eigenvalue weighted by atomic mass is 19.4. The lowest BCUT2D eigenvalue weighted by Crippen LogP contribution is -2.28. The van der Waals surface area contributed by atoms with Crippen molar-refractivity contribution in [2.45, 2.75) is 25.1 Å². The van der Waals surface area contributed by atoms with E-state index in [0.717, 1.165) is 17.9 Å². The second-order valence-electron chi connectivity index (χ2n) is 4.57. The monoisotopic (exact) mass is 302 g/mol. The van der Waals surface area contributed by atoms with Crippen LogP contribution < -0.4 is 11.3 Å². The molecule has 1 unspecified atom stereocenters. The number of aryl methyl sites for hydroxylation is 1. The van der Waals surface area contributed by atoms with E-state index in [1.54, 1.807) is 12.1 Å². The van der Waals surface area contributed by atoms with E-state index in [2.05, 4.69) is 5.43 Å². The largest absolute Gasteiger partial charge is 0.469 e. The number of nitrogens with two attached hydrogens (primary N) is 1. The molecular weight excluding hydrogens is 288 g/mol. The molecular formula is C14H14F4N2O. The molecule has 21 heavy (non-hydrogen) atoms. The molecule has 0 radical (unpaired) electrons. The molecule has 0 aliphatic rings. The van der Waals surface area contributed by atoms with Crippen LogP contribution >= 0.6 is 0 Å². The summed E-state index contributed by atoms with van der Waals surface area (Å²) in [4.78, 5) is 0. The van der Waals surface area contributed by atoms with Crippen LogP contribution in [0.25, 0.3) is 0 Å². The van der Waals surface area contributed by atoms with Gasteiger partial charge in [-0.2, -0.15) is 13.2 Å². The summed E-state index contributed by atoms with van der Waals surface area (Å²) >= 11 is 0. The molecule has 2 rings (SSSR count). The summed E-state index contributed by atoms with van der Waals surface area (Å²) < 4.78 is 56.2. The summed E-state index contributed by atoms with van der Waals surface area (Å²) in [5.74, 6) is 4.81. The molecule has 0 fully saturated rings. The Hall–Kier alpha value is -1.86. The van der Waals surface area contributed by atoms with Gasteiger partial charge in [0.1, 0.15) is 11.6 Å². The van der Waals surface area contributed by atoms with E-state index in [1.165, 1.54) is 12.3 Å². The number of benzene rings is 1. The minimum atomic E-state index is -4.71. The zero-order chi connectivity index (χ0) is 15.5. The third kappa shape index (κ3) is 3.83. The number of hydrogen-bond donors (Lipinski definition) is 2. The zero-order valence-corrected chi connectivity index (χ0v) is 11.0. The molecule has 3 N–H and O–H groups in total. The van der Waals surface area contributed by atoms with Crippen LogP contribution in [-0.4, -0.2) is 0 Å². The highest BCUT2D eigenvalue weighted by Gasteiger charge is 2.34. The zero-order valence-electron chi connectivity index (χ0n) is 11.0. The molecule has 1 heterocycles. The van der Waals surface area contributed by atoms with Gasteiger partial charge in [-0.1, -0.05) is 6.07 Å². The average molecular weight is 302 g/mol. The lowest BCUT2D eigenvalue weighted by molar-refractivity contribution is -0.140. The molecule has 0 amide bonds. The van der Waals surface area contributed by atoms with Crippen molar-refractivity contribution in [3.63, 3.8) is 0 Å². The van der Waals surface area contributed by atoms with Crippen molar-refractivity contribution in [1.82, 2.24) is 5.43 Å². The predicted octanol–water partition coefficient (Wildman–Crippen LogP) is 3.57. The van der Waals surface area contributed by atoms with Crippen LogP contribution in [0.4, 0.5) is 17.6 Å². The number of rotatable bonds is 5. The van der Waals surface area contributed by atoms with Gasteiger partial charge in [-0.25, -0.2) is 4.39 Å². The summed E-state index contributed by atoms with van der Waals surface area (Å²) in [6.07, 6.45) is -2.18. The first-order valence-corrected chi connectivity index (χ1v) is 6.27. The number of alkyl halides is 3. The first-order valence-electron chi connectivity index (χ1n) is 6.27. The second kappa shape index (κ2) is 6.28. The van der Waals surface area contributed by atoms with E-state index >= 15 is 0 Å². The molecule has 0 aliphatic carbocycles. The minimum absolute atomic E-state index is 0.356. The van der Waals surface area contributed by atoms with Crippen LogP contribution in [0.3, 0.4) is 0 Å². The van der Waals surface area contributed by atoms with Crippen LogP contribution in [-0.2, 0) is 12.6 Å². The maximum Gasteiger partial charge on any atom is 0.419 e. The standard InChI is InChI=1S/C14H14F4N2O/c15-12-8-9(3-5-11(12)14(16,17)18)13(20-19)6-4-10-2-1-7-21-10/h1-3,5,7-8,13,20H,4,6,19H2. The molecule has 0 bridgehead atoms. The minimum Gasteiger partial charge on any atom is -0.469 e. The topological polar surface area (TPSA) is 51.2 Å². The molecule has 7 heteroatoms. The summed E-state index contributed by atoms with van der Waals surface area (Å²) in [6.45, 7) is 0. The molecule has 2 aromatic rings. The summed E-state index contributed by atoms with van der Waals surface area (Å²) in [6, 6.07) is 5.85. The maximum atomic E-state index is 13.5. The van der Waals surface area contributed by atoms with Gasteiger partial charge in [0.2, 0.25) is 0 Å². The molecule has 0 saturated heterocycles. The Labute approximate surface area is 118 Å². The molecule has 114 valence electrons. The van der Waals surface area contributed by atoms with E-state index in [9.17, 15) is 17.6 Å². The van der Waals surface area contributed by atoms with Gasteiger partial charge in [0.15, 0.2) is 0 Å². The number of nitrogens with one attached hydrogen (secondary N) is 1. The molecule has 1 aromatic heterocycles. The Morgan fingerprint density at radius 2 is 2.00 bits per heavy atom. The molecule has 0 saturated carbocycles. The van der Waals surface area contributed by atoms with Crippen molar-refractivity contribution in [3.05, 3.63) is 59.3 Å². The van der Waals surface area contributed by atoms with Gasteiger partial charge in [-0.15, -0.1) is 0 Å². The Bertz CT molecular complexity index is 581. The highest BCUT2D eigenvalue weighted by Crippen LogP contribution is 2.32. The first kappa shape index (κ1) is 15.5. The lowest BCUT2D eigenvalue weighted by Gasteiger charge is -2.17. The van der Waals surface area contributed by atoms with Gasteiger partial charge in [-0.3, -0.25) is 11.3 Å². The van der Waals surface area contributed by atoms with Crippen molar-refractivity contribution < 1.29 is 22.0 Å². The third-order valence-electron chi connectivity index (χ3n) is 3.16. The summed E-state index contributed by atoms with van der Waals surface area (Å²) in [5.41, 5.74) is 1.55. The number of furan rings is 1. The molecule has 1 aromatic carbocycles. The van der Waals surface area contributed by atoms with Crippen molar-refractivity contribution in [3.8, 4) is 0 Å². The van der Waals surface area contributed by atoms with Crippen LogP contribution in [0.1, 0.15) is 29.3 Å². The number of hydrazine groups is 1. The van der Waals surface area contributed by atoms with Crippen LogP contribution in [0.5, 0.6) is 0 Å². The molecule has 3 nitrogen and oxygen atoms in total. The molecule has 0 spiro atoms.